The summed E-state index contributed by atoms with van der Waals surface area (Å²) in [4.78, 5) is 14.3. The molecule has 0 unspecified atom stereocenters. The number of nitrogens with zero attached hydrogens (tertiary/aromatic N) is 1. The normalized spacial score (nSPS) is 14.2. The molecule has 1 amide bonds. The number of amides is 1. The Morgan fingerprint density at radius 2 is 1.76 bits per heavy atom. The van der Waals surface area contributed by atoms with Gasteiger partial charge in [0.25, 0.3) is 0 Å². The molecule has 0 spiro atoms. The summed E-state index contributed by atoms with van der Waals surface area (Å²) in [6.45, 7) is 3.62. The van der Waals surface area contributed by atoms with Gasteiger partial charge in [0.15, 0.2) is 0 Å². The molecule has 2 aromatic rings. The summed E-state index contributed by atoms with van der Waals surface area (Å²) in [6, 6.07) is 15.0. The molecule has 1 saturated heterocycles. The first-order valence-electron chi connectivity index (χ1n) is 8.32. The Hall–Kier alpha value is -2.24. The van der Waals surface area contributed by atoms with Gasteiger partial charge in [-0.1, -0.05) is 11.6 Å². The fourth-order valence-electron chi connectivity index (χ4n) is 2.59. The first-order valence-corrected chi connectivity index (χ1v) is 8.69. The van der Waals surface area contributed by atoms with Crippen LogP contribution in [0.1, 0.15) is 6.42 Å². The van der Waals surface area contributed by atoms with E-state index in [1.807, 2.05) is 24.3 Å². The van der Waals surface area contributed by atoms with E-state index in [0.717, 1.165) is 37.7 Å². The van der Waals surface area contributed by atoms with Crippen LogP contribution >= 0.6 is 11.6 Å². The smallest absolute Gasteiger partial charge is 0.227 e. The third-order valence-corrected chi connectivity index (χ3v) is 4.19. The van der Waals surface area contributed by atoms with Gasteiger partial charge in [-0.2, -0.15) is 0 Å². The van der Waals surface area contributed by atoms with Crippen molar-refractivity contribution in [1.82, 2.24) is 0 Å². The van der Waals surface area contributed by atoms with Gasteiger partial charge in [0.1, 0.15) is 5.75 Å². The number of nitrogens with one attached hydrogen (secondary N) is 1. The van der Waals surface area contributed by atoms with E-state index in [1.54, 1.807) is 24.3 Å². The minimum Gasteiger partial charge on any atom is -0.493 e. The maximum Gasteiger partial charge on any atom is 0.227 e. The summed E-state index contributed by atoms with van der Waals surface area (Å²) in [5.41, 5.74) is 1.93. The zero-order chi connectivity index (χ0) is 17.5. The van der Waals surface area contributed by atoms with Crippen molar-refractivity contribution in [2.45, 2.75) is 6.42 Å². The molecule has 0 radical (unpaired) electrons. The van der Waals surface area contributed by atoms with Crippen molar-refractivity contribution in [1.29, 1.82) is 0 Å². The summed E-state index contributed by atoms with van der Waals surface area (Å²) in [5.74, 6) is 0.625. The van der Waals surface area contributed by atoms with Crippen molar-refractivity contribution >= 4 is 28.9 Å². The summed E-state index contributed by atoms with van der Waals surface area (Å²) in [6.07, 6.45) is 0.286. The van der Waals surface area contributed by atoms with E-state index in [1.165, 1.54) is 0 Å². The molecule has 5 nitrogen and oxygen atoms in total. The van der Waals surface area contributed by atoms with Gasteiger partial charge in [0.2, 0.25) is 5.91 Å². The van der Waals surface area contributed by atoms with Crippen molar-refractivity contribution in [3.63, 3.8) is 0 Å². The number of halogens is 1. The number of rotatable bonds is 6. The highest BCUT2D eigenvalue weighted by Crippen LogP contribution is 2.19. The molecule has 1 heterocycles. The second kappa shape index (κ2) is 8.74. The Labute approximate surface area is 152 Å². The van der Waals surface area contributed by atoms with Gasteiger partial charge in [-0.05, 0) is 48.5 Å². The molecule has 1 N–H and O–H groups in total. The van der Waals surface area contributed by atoms with E-state index in [-0.39, 0.29) is 12.3 Å². The summed E-state index contributed by atoms with van der Waals surface area (Å²) in [5, 5.41) is 3.54. The standard InChI is InChI=1S/C19H21ClN2O3/c20-15-1-7-18(8-2-15)25-12-9-19(23)21-16-3-5-17(6-4-16)22-10-13-24-14-11-22/h1-8H,9-14H2,(H,21,23). The molecular weight excluding hydrogens is 340 g/mol. The van der Waals surface area contributed by atoms with Gasteiger partial charge in [-0.3, -0.25) is 4.79 Å². The highest BCUT2D eigenvalue weighted by Gasteiger charge is 2.11. The number of ether oxygens (including phenoxy) is 2. The minimum absolute atomic E-state index is 0.0758. The molecule has 6 heteroatoms. The van der Waals surface area contributed by atoms with Crippen LogP contribution < -0.4 is 15.0 Å². The van der Waals surface area contributed by atoms with Crippen LogP contribution in [0.2, 0.25) is 5.02 Å². The van der Waals surface area contributed by atoms with Gasteiger partial charge >= 0.3 is 0 Å². The molecule has 1 fully saturated rings. The summed E-state index contributed by atoms with van der Waals surface area (Å²) in [7, 11) is 0. The molecule has 0 bridgehead atoms. The van der Waals surface area contributed by atoms with Crippen LogP contribution in [-0.4, -0.2) is 38.8 Å². The van der Waals surface area contributed by atoms with Gasteiger partial charge in [0, 0.05) is 29.5 Å². The predicted molar refractivity (Wildman–Crippen MR) is 99.7 cm³/mol. The average molecular weight is 361 g/mol. The Morgan fingerprint density at radius 1 is 1.08 bits per heavy atom. The van der Waals surface area contributed by atoms with E-state index >= 15 is 0 Å². The molecule has 0 saturated carbocycles. The lowest BCUT2D eigenvalue weighted by atomic mass is 10.2. The van der Waals surface area contributed by atoms with Crippen molar-refractivity contribution in [2.24, 2.45) is 0 Å². The molecule has 132 valence electrons. The quantitative estimate of drug-likeness (QED) is 0.855. The largest absolute Gasteiger partial charge is 0.493 e. The number of benzene rings is 2. The Kier molecular flexibility index (Phi) is 6.14. The van der Waals surface area contributed by atoms with Gasteiger partial charge in [-0.15, -0.1) is 0 Å². The van der Waals surface area contributed by atoms with Crippen molar-refractivity contribution < 1.29 is 14.3 Å². The molecular formula is C19H21ClN2O3. The maximum absolute atomic E-state index is 12.0. The van der Waals surface area contributed by atoms with E-state index in [9.17, 15) is 4.79 Å². The van der Waals surface area contributed by atoms with Gasteiger partial charge < -0.3 is 19.7 Å². The fraction of sp³-hybridized carbons (Fsp3) is 0.316. The summed E-state index contributed by atoms with van der Waals surface area (Å²) >= 11 is 5.82. The molecule has 1 aliphatic rings. The average Bonchev–Trinajstić information content (AvgIpc) is 2.65. The second-order valence-corrected chi connectivity index (χ2v) is 6.18. The molecule has 25 heavy (non-hydrogen) atoms. The number of carbonyl (C=O) groups excluding carboxylic acids is 1. The number of anilines is 2. The Balaban J connectivity index is 1.43. The second-order valence-electron chi connectivity index (χ2n) is 5.75. The monoisotopic (exact) mass is 360 g/mol. The van der Waals surface area contributed by atoms with Crippen LogP contribution in [-0.2, 0) is 9.53 Å². The van der Waals surface area contributed by atoms with E-state index in [2.05, 4.69) is 10.2 Å². The predicted octanol–water partition coefficient (Wildman–Crippen LogP) is 3.58. The summed E-state index contributed by atoms with van der Waals surface area (Å²) < 4.78 is 10.9. The highest BCUT2D eigenvalue weighted by molar-refractivity contribution is 6.30. The Morgan fingerprint density at radius 3 is 2.44 bits per heavy atom. The Bertz CT molecular complexity index is 683. The fourth-order valence-corrected chi connectivity index (χ4v) is 2.72. The lowest BCUT2D eigenvalue weighted by molar-refractivity contribution is -0.116. The first-order chi connectivity index (χ1) is 12.2. The number of morpholine rings is 1. The lowest BCUT2D eigenvalue weighted by Crippen LogP contribution is -2.36. The molecule has 3 rings (SSSR count). The van der Waals surface area contributed by atoms with Crippen LogP contribution in [0.3, 0.4) is 0 Å². The van der Waals surface area contributed by atoms with Gasteiger partial charge in [0.05, 0.1) is 26.2 Å². The third kappa shape index (κ3) is 5.37. The van der Waals surface area contributed by atoms with Crippen LogP contribution in [0.25, 0.3) is 0 Å². The maximum atomic E-state index is 12.0. The molecule has 0 atom stereocenters. The van der Waals surface area contributed by atoms with Crippen molar-refractivity contribution in [3.05, 3.63) is 53.6 Å². The zero-order valence-electron chi connectivity index (χ0n) is 13.9. The van der Waals surface area contributed by atoms with Gasteiger partial charge in [-0.25, -0.2) is 0 Å². The highest BCUT2D eigenvalue weighted by atomic mass is 35.5. The molecule has 1 aliphatic heterocycles. The number of carbonyl (C=O) groups is 1. The van der Waals surface area contributed by atoms with Crippen LogP contribution in [0.15, 0.2) is 48.5 Å². The third-order valence-electron chi connectivity index (χ3n) is 3.94. The van der Waals surface area contributed by atoms with Crippen molar-refractivity contribution in [2.75, 3.05) is 43.1 Å². The van der Waals surface area contributed by atoms with E-state index in [0.29, 0.717) is 17.4 Å². The van der Waals surface area contributed by atoms with Crippen LogP contribution in [0.5, 0.6) is 5.75 Å². The van der Waals surface area contributed by atoms with E-state index in [4.69, 9.17) is 21.1 Å². The van der Waals surface area contributed by atoms with E-state index < -0.39 is 0 Å². The van der Waals surface area contributed by atoms with Crippen LogP contribution in [0.4, 0.5) is 11.4 Å². The molecule has 0 aliphatic carbocycles. The SMILES string of the molecule is O=C(CCOc1ccc(Cl)cc1)Nc1ccc(N2CCOCC2)cc1. The number of hydrogen-bond donors (Lipinski definition) is 1. The zero-order valence-corrected chi connectivity index (χ0v) is 14.7. The molecule has 2 aromatic carbocycles. The van der Waals surface area contributed by atoms with Crippen LogP contribution in [0, 0.1) is 0 Å². The minimum atomic E-state index is -0.0758. The van der Waals surface area contributed by atoms with Crippen molar-refractivity contribution in [3.8, 4) is 5.75 Å². The number of hydrogen-bond acceptors (Lipinski definition) is 4. The lowest BCUT2D eigenvalue weighted by Gasteiger charge is -2.28. The first kappa shape index (κ1) is 17.6. The molecule has 0 aromatic heterocycles. The topological polar surface area (TPSA) is 50.8 Å².